The van der Waals surface area contributed by atoms with Crippen LogP contribution in [-0.2, 0) is 11.2 Å². The first-order valence-corrected chi connectivity index (χ1v) is 8.71. The molecular weight excluding hydrogens is 365 g/mol. The van der Waals surface area contributed by atoms with Crippen LogP contribution < -0.4 is 10.6 Å². The number of hydrogen-bond donors (Lipinski definition) is 4. The van der Waals surface area contributed by atoms with Gasteiger partial charge in [0, 0.05) is 13.0 Å². The number of fused-ring (bicyclic) bond motifs is 1. The molecule has 1 atom stereocenters. The molecule has 1 unspecified atom stereocenters. The first-order valence-electron chi connectivity index (χ1n) is 7.73. The molecule has 0 spiro atoms. The third-order valence-corrected chi connectivity index (χ3v) is 4.75. The van der Waals surface area contributed by atoms with Gasteiger partial charge in [0.2, 0.25) is 5.91 Å². The summed E-state index contributed by atoms with van der Waals surface area (Å²) < 4.78 is 18.3. The van der Waals surface area contributed by atoms with E-state index in [1.54, 1.807) is 12.1 Å². The number of benzene rings is 1. The minimum absolute atomic E-state index is 0.0180. The highest BCUT2D eigenvalue weighted by Crippen LogP contribution is 2.35. The molecule has 1 heterocycles. The lowest BCUT2D eigenvalue weighted by molar-refractivity contribution is -0.118. The molecule has 0 saturated carbocycles. The lowest BCUT2D eigenvalue weighted by Gasteiger charge is -2.31. The fourth-order valence-electron chi connectivity index (χ4n) is 2.54. The smallest absolute Gasteiger partial charge is 0.230 e. The largest absolute Gasteiger partial charge is 0.409 e. The Bertz CT molecular complexity index is 828. The maximum absolute atomic E-state index is 13.6. The number of hydrogen-bond acceptors (Lipinski definition) is 8. The summed E-state index contributed by atoms with van der Waals surface area (Å²) in [7, 11) is 0. The normalized spacial score (nSPS) is 15.9. The van der Waals surface area contributed by atoms with Gasteiger partial charge in [-0.15, -0.1) is 0 Å². The predicted molar refractivity (Wildman–Crippen MR) is 89.4 cm³/mol. The van der Waals surface area contributed by atoms with Crippen molar-refractivity contribution in [3.05, 3.63) is 40.8 Å². The van der Waals surface area contributed by atoms with Crippen molar-refractivity contribution in [2.75, 3.05) is 18.9 Å². The number of thioether (sulfide) groups is 1. The average Bonchev–Trinajstić information content (AvgIpc) is 3.09. The van der Waals surface area contributed by atoms with E-state index in [-0.39, 0.29) is 53.2 Å². The highest BCUT2D eigenvalue weighted by atomic mass is 32.2. The summed E-state index contributed by atoms with van der Waals surface area (Å²) >= 11 is 1.04. The number of rotatable bonds is 7. The Morgan fingerprint density at radius 3 is 3.08 bits per heavy atom. The Kier molecular flexibility index (Phi) is 5.68. The summed E-state index contributed by atoms with van der Waals surface area (Å²) in [5.74, 6) is -0.519. The number of halogens is 1. The van der Waals surface area contributed by atoms with Crippen LogP contribution in [0.3, 0.4) is 0 Å². The first-order chi connectivity index (χ1) is 12.6. The number of aliphatic hydroxyl groups is 1. The van der Waals surface area contributed by atoms with Gasteiger partial charge in [-0.3, -0.25) is 4.79 Å². The van der Waals surface area contributed by atoms with Crippen LogP contribution >= 0.6 is 11.8 Å². The number of aliphatic hydroxyl groups excluding tert-OH is 1. The standard InChI is InChI=1S/C15H16FN5O4S/c16-10-3-1-2-8-9(10)6-11(8)18-14(19-24)13-15(21-25-20-13)26-7-12(23)17-4-5-22/h1-3,11,22,24H,4-7H2,(H,17,23)(H,18,19). The van der Waals surface area contributed by atoms with Crippen LogP contribution in [0.1, 0.15) is 22.9 Å². The molecule has 1 amide bonds. The molecule has 2 aromatic rings. The van der Waals surface area contributed by atoms with Crippen LogP contribution in [0, 0.1) is 5.82 Å². The van der Waals surface area contributed by atoms with E-state index in [1.807, 2.05) is 0 Å². The average molecular weight is 381 g/mol. The Labute approximate surface area is 151 Å². The quantitative estimate of drug-likeness (QED) is 0.178. The van der Waals surface area contributed by atoms with E-state index in [1.165, 1.54) is 6.07 Å². The van der Waals surface area contributed by atoms with E-state index in [0.717, 1.165) is 17.3 Å². The zero-order valence-electron chi connectivity index (χ0n) is 13.5. The number of amidine groups is 1. The Morgan fingerprint density at radius 1 is 1.46 bits per heavy atom. The summed E-state index contributed by atoms with van der Waals surface area (Å²) in [5.41, 5.74) is 1.55. The summed E-state index contributed by atoms with van der Waals surface area (Å²) in [6.45, 7) is 0.00767. The van der Waals surface area contributed by atoms with Crippen LogP contribution in [0.15, 0.2) is 33.0 Å². The molecule has 9 nitrogen and oxygen atoms in total. The van der Waals surface area contributed by atoms with Gasteiger partial charge in [-0.2, -0.15) is 0 Å². The first kappa shape index (κ1) is 18.1. The lowest BCUT2D eigenvalue weighted by Crippen LogP contribution is -2.37. The van der Waals surface area contributed by atoms with Gasteiger partial charge >= 0.3 is 0 Å². The second kappa shape index (κ2) is 8.15. The number of carbonyl (C=O) groups is 1. The molecule has 0 saturated heterocycles. The number of nitrogens with one attached hydrogen (secondary N) is 2. The van der Waals surface area contributed by atoms with Gasteiger partial charge < -0.3 is 20.9 Å². The van der Waals surface area contributed by atoms with Crippen molar-refractivity contribution in [3.63, 3.8) is 0 Å². The second-order valence-corrected chi connectivity index (χ2v) is 6.40. The molecular formula is C15H16FN5O4S. The van der Waals surface area contributed by atoms with E-state index < -0.39 is 0 Å². The van der Waals surface area contributed by atoms with Crippen molar-refractivity contribution in [2.45, 2.75) is 17.5 Å². The maximum atomic E-state index is 13.6. The fraction of sp³-hybridized carbons (Fsp3) is 0.333. The van der Waals surface area contributed by atoms with Gasteiger partial charge in [-0.1, -0.05) is 29.1 Å². The van der Waals surface area contributed by atoms with Crippen molar-refractivity contribution in [1.29, 1.82) is 0 Å². The maximum Gasteiger partial charge on any atom is 0.230 e. The van der Waals surface area contributed by atoms with Crippen LogP contribution in [-0.4, -0.2) is 51.3 Å². The highest BCUT2D eigenvalue weighted by Gasteiger charge is 2.31. The van der Waals surface area contributed by atoms with E-state index in [4.69, 9.17) is 5.11 Å². The number of aromatic nitrogens is 2. The van der Waals surface area contributed by atoms with Gasteiger partial charge in [0.1, 0.15) is 5.82 Å². The summed E-state index contributed by atoms with van der Waals surface area (Å²) in [4.78, 5) is 11.6. The van der Waals surface area contributed by atoms with E-state index in [2.05, 4.69) is 30.7 Å². The summed E-state index contributed by atoms with van der Waals surface area (Å²) in [6.07, 6.45) is 0.443. The Hall–Kier alpha value is -2.66. The SMILES string of the molecule is O=C(CSc1nonc1/C(=N/O)NC1Cc2c(F)cccc21)NCCO. The molecule has 0 radical (unpaired) electrons. The summed E-state index contributed by atoms with van der Waals surface area (Å²) in [6, 6.07) is 4.57. The van der Waals surface area contributed by atoms with Crippen molar-refractivity contribution in [3.8, 4) is 0 Å². The van der Waals surface area contributed by atoms with Gasteiger partial charge in [-0.25, -0.2) is 9.02 Å². The van der Waals surface area contributed by atoms with Crippen molar-refractivity contribution in [2.24, 2.45) is 5.16 Å². The molecule has 4 N–H and O–H groups in total. The monoisotopic (exact) mass is 381 g/mol. The summed E-state index contributed by atoms with van der Waals surface area (Å²) in [5, 5.41) is 34.3. The zero-order valence-corrected chi connectivity index (χ0v) is 14.3. The minimum atomic E-state index is -0.295. The van der Waals surface area contributed by atoms with Gasteiger partial charge in [0.05, 0.1) is 18.4 Å². The molecule has 1 aromatic carbocycles. The third kappa shape index (κ3) is 3.78. The highest BCUT2D eigenvalue weighted by molar-refractivity contribution is 8.00. The van der Waals surface area contributed by atoms with Gasteiger partial charge in [0.25, 0.3) is 0 Å². The van der Waals surface area contributed by atoms with Crippen molar-refractivity contribution in [1.82, 2.24) is 20.9 Å². The molecule has 138 valence electrons. The number of nitrogens with zero attached hydrogens (tertiary/aromatic N) is 3. The third-order valence-electron chi connectivity index (χ3n) is 3.81. The van der Waals surface area contributed by atoms with Crippen LogP contribution in [0.5, 0.6) is 0 Å². The van der Waals surface area contributed by atoms with Crippen molar-refractivity contribution < 1.29 is 24.1 Å². The topological polar surface area (TPSA) is 133 Å². The van der Waals surface area contributed by atoms with Crippen LogP contribution in [0.2, 0.25) is 0 Å². The van der Waals surface area contributed by atoms with E-state index in [0.29, 0.717) is 12.0 Å². The molecule has 0 aliphatic heterocycles. The Morgan fingerprint density at radius 2 is 2.31 bits per heavy atom. The fourth-order valence-corrected chi connectivity index (χ4v) is 3.27. The number of oxime groups is 1. The van der Waals surface area contributed by atoms with Gasteiger partial charge in [0.15, 0.2) is 16.6 Å². The molecule has 0 fully saturated rings. The molecule has 1 aliphatic carbocycles. The van der Waals surface area contributed by atoms with Crippen LogP contribution in [0.25, 0.3) is 0 Å². The van der Waals surface area contributed by atoms with E-state index in [9.17, 15) is 14.4 Å². The lowest BCUT2D eigenvalue weighted by atomic mass is 9.83. The molecule has 1 aliphatic rings. The molecule has 3 rings (SSSR count). The molecule has 11 heteroatoms. The minimum Gasteiger partial charge on any atom is -0.409 e. The molecule has 0 bridgehead atoms. The van der Waals surface area contributed by atoms with Crippen LogP contribution in [0.4, 0.5) is 4.39 Å². The number of carbonyl (C=O) groups excluding carboxylic acids is 1. The second-order valence-electron chi connectivity index (χ2n) is 5.44. The van der Waals surface area contributed by atoms with Gasteiger partial charge in [-0.05, 0) is 27.5 Å². The predicted octanol–water partition coefficient (Wildman–Crippen LogP) is 0.432. The molecule has 1 aromatic heterocycles. The number of amides is 1. The zero-order chi connectivity index (χ0) is 18.5. The van der Waals surface area contributed by atoms with Crippen molar-refractivity contribution >= 4 is 23.5 Å². The molecule has 26 heavy (non-hydrogen) atoms. The van der Waals surface area contributed by atoms with E-state index >= 15 is 0 Å². The Balaban J connectivity index is 1.65.